The number of nitrogens with zero attached hydrogens (tertiary/aromatic N) is 1. The van der Waals surface area contributed by atoms with Gasteiger partial charge in [0.2, 0.25) is 0 Å². The van der Waals surface area contributed by atoms with Crippen molar-refractivity contribution in [2.75, 3.05) is 19.7 Å². The van der Waals surface area contributed by atoms with Crippen molar-refractivity contribution in [1.82, 2.24) is 4.90 Å². The number of hydrogen-bond acceptors (Lipinski definition) is 2. The molecule has 0 aromatic rings. The van der Waals surface area contributed by atoms with E-state index in [0.717, 1.165) is 0 Å². The Kier molecular flexibility index (Phi) is 3.87. The van der Waals surface area contributed by atoms with Gasteiger partial charge in [0.15, 0.2) is 0 Å². The van der Waals surface area contributed by atoms with E-state index in [4.69, 9.17) is 5.11 Å². The predicted molar refractivity (Wildman–Crippen MR) is 46.6 cm³/mol. The molecule has 1 N–H and O–H groups in total. The zero-order valence-electron chi connectivity index (χ0n) is 7.42. The SMILES string of the molecule is CCCCN1CCCC1CO. The summed E-state index contributed by atoms with van der Waals surface area (Å²) in [6.07, 6.45) is 5.00. The highest BCUT2D eigenvalue weighted by Gasteiger charge is 2.22. The van der Waals surface area contributed by atoms with Gasteiger partial charge < -0.3 is 5.11 Å². The van der Waals surface area contributed by atoms with Crippen LogP contribution < -0.4 is 0 Å². The van der Waals surface area contributed by atoms with Crippen LogP contribution in [0, 0.1) is 0 Å². The highest BCUT2D eigenvalue weighted by Crippen LogP contribution is 2.16. The lowest BCUT2D eigenvalue weighted by molar-refractivity contribution is 0.157. The number of hydrogen-bond donors (Lipinski definition) is 1. The van der Waals surface area contributed by atoms with Crippen LogP contribution in [0.1, 0.15) is 32.6 Å². The maximum atomic E-state index is 8.99. The minimum Gasteiger partial charge on any atom is -0.395 e. The van der Waals surface area contributed by atoms with Gasteiger partial charge in [0.25, 0.3) is 0 Å². The third-order valence-corrected chi connectivity index (χ3v) is 2.51. The largest absolute Gasteiger partial charge is 0.395 e. The molecule has 0 spiro atoms. The summed E-state index contributed by atoms with van der Waals surface area (Å²) in [5, 5.41) is 8.99. The zero-order chi connectivity index (χ0) is 8.10. The average molecular weight is 157 g/mol. The molecular formula is C9H19NO. The van der Waals surface area contributed by atoms with Gasteiger partial charge in [0, 0.05) is 6.04 Å². The van der Waals surface area contributed by atoms with Crippen molar-refractivity contribution in [2.45, 2.75) is 38.6 Å². The summed E-state index contributed by atoms with van der Waals surface area (Å²) in [5.74, 6) is 0. The van der Waals surface area contributed by atoms with Gasteiger partial charge in [0.05, 0.1) is 6.61 Å². The van der Waals surface area contributed by atoms with Gasteiger partial charge in [-0.15, -0.1) is 0 Å². The summed E-state index contributed by atoms with van der Waals surface area (Å²) in [7, 11) is 0. The van der Waals surface area contributed by atoms with Gasteiger partial charge in [-0.25, -0.2) is 0 Å². The Morgan fingerprint density at radius 1 is 1.55 bits per heavy atom. The molecule has 0 saturated carbocycles. The van der Waals surface area contributed by atoms with E-state index in [0.29, 0.717) is 12.6 Å². The molecule has 0 aromatic heterocycles. The molecule has 0 aromatic carbocycles. The van der Waals surface area contributed by atoms with Crippen molar-refractivity contribution >= 4 is 0 Å². The van der Waals surface area contributed by atoms with E-state index in [9.17, 15) is 0 Å². The summed E-state index contributed by atoms with van der Waals surface area (Å²) in [6.45, 7) is 4.95. The molecule has 1 saturated heterocycles. The van der Waals surface area contributed by atoms with Crippen LogP contribution in [0.15, 0.2) is 0 Å². The topological polar surface area (TPSA) is 23.5 Å². The van der Waals surface area contributed by atoms with Crippen molar-refractivity contribution in [2.24, 2.45) is 0 Å². The third kappa shape index (κ3) is 2.46. The molecule has 0 bridgehead atoms. The number of likely N-dealkylation sites (tertiary alicyclic amines) is 1. The minimum atomic E-state index is 0.351. The average Bonchev–Trinajstić information content (AvgIpc) is 2.47. The quantitative estimate of drug-likeness (QED) is 0.663. The Balaban J connectivity index is 2.20. The van der Waals surface area contributed by atoms with E-state index in [1.54, 1.807) is 0 Å². The van der Waals surface area contributed by atoms with Crippen molar-refractivity contribution < 1.29 is 5.11 Å². The molecule has 1 aliphatic heterocycles. The first-order valence-corrected chi connectivity index (χ1v) is 4.73. The molecule has 0 amide bonds. The first-order chi connectivity index (χ1) is 5.38. The Hall–Kier alpha value is -0.0800. The lowest BCUT2D eigenvalue weighted by Gasteiger charge is -2.21. The maximum Gasteiger partial charge on any atom is 0.0586 e. The van der Waals surface area contributed by atoms with Gasteiger partial charge in [-0.3, -0.25) is 4.90 Å². The van der Waals surface area contributed by atoms with Crippen LogP contribution in [-0.2, 0) is 0 Å². The summed E-state index contributed by atoms with van der Waals surface area (Å²) < 4.78 is 0. The first kappa shape index (κ1) is 9.01. The Morgan fingerprint density at radius 3 is 3.00 bits per heavy atom. The second kappa shape index (κ2) is 4.73. The van der Waals surface area contributed by atoms with E-state index in [-0.39, 0.29) is 0 Å². The van der Waals surface area contributed by atoms with Gasteiger partial charge in [0.1, 0.15) is 0 Å². The van der Waals surface area contributed by atoms with E-state index >= 15 is 0 Å². The molecule has 1 atom stereocenters. The molecule has 1 unspecified atom stereocenters. The molecule has 0 aliphatic carbocycles. The second-order valence-corrected chi connectivity index (χ2v) is 3.37. The lowest BCUT2D eigenvalue weighted by Crippen LogP contribution is -2.32. The molecular weight excluding hydrogens is 138 g/mol. The van der Waals surface area contributed by atoms with Crippen LogP contribution >= 0.6 is 0 Å². The van der Waals surface area contributed by atoms with Crippen LogP contribution in [-0.4, -0.2) is 35.7 Å². The smallest absolute Gasteiger partial charge is 0.0586 e. The first-order valence-electron chi connectivity index (χ1n) is 4.73. The fourth-order valence-electron chi connectivity index (χ4n) is 1.76. The maximum absolute atomic E-state index is 8.99. The number of aliphatic hydroxyl groups excluding tert-OH is 1. The zero-order valence-corrected chi connectivity index (χ0v) is 7.42. The number of aliphatic hydroxyl groups is 1. The van der Waals surface area contributed by atoms with Crippen molar-refractivity contribution in [3.63, 3.8) is 0 Å². The fraction of sp³-hybridized carbons (Fsp3) is 1.00. The highest BCUT2D eigenvalue weighted by atomic mass is 16.3. The normalized spacial score (nSPS) is 26.2. The van der Waals surface area contributed by atoms with Crippen LogP contribution in [0.25, 0.3) is 0 Å². The number of unbranched alkanes of at least 4 members (excludes halogenated alkanes) is 1. The molecule has 1 rings (SSSR count). The number of rotatable bonds is 4. The van der Waals surface area contributed by atoms with E-state index in [1.807, 2.05) is 0 Å². The molecule has 11 heavy (non-hydrogen) atoms. The van der Waals surface area contributed by atoms with Gasteiger partial charge >= 0.3 is 0 Å². The molecule has 2 heteroatoms. The predicted octanol–water partition coefficient (Wildman–Crippen LogP) is 1.24. The molecule has 2 nitrogen and oxygen atoms in total. The highest BCUT2D eigenvalue weighted by molar-refractivity contribution is 4.77. The molecule has 0 radical (unpaired) electrons. The van der Waals surface area contributed by atoms with Crippen LogP contribution in [0.2, 0.25) is 0 Å². The fourth-order valence-corrected chi connectivity index (χ4v) is 1.76. The van der Waals surface area contributed by atoms with Crippen molar-refractivity contribution in [3.8, 4) is 0 Å². The minimum absolute atomic E-state index is 0.351. The van der Waals surface area contributed by atoms with Gasteiger partial charge in [-0.05, 0) is 32.4 Å². The molecule has 1 aliphatic rings. The second-order valence-electron chi connectivity index (χ2n) is 3.37. The Bertz CT molecular complexity index is 106. The lowest BCUT2D eigenvalue weighted by atomic mass is 10.2. The Labute approximate surface area is 69.2 Å². The monoisotopic (exact) mass is 157 g/mol. The van der Waals surface area contributed by atoms with Crippen LogP contribution in [0.4, 0.5) is 0 Å². The Morgan fingerprint density at radius 2 is 2.36 bits per heavy atom. The molecule has 66 valence electrons. The summed E-state index contributed by atoms with van der Waals surface area (Å²) in [5.41, 5.74) is 0. The van der Waals surface area contributed by atoms with Crippen molar-refractivity contribution in [1.29, 1.82) is 0 Å². The summed E-state index contributed by atoms with van der Waals surface area (Å²) in [4.78, 5) is 2.42. The van der Waals surface area contributed by atoms with Gasteiger partial charge in [-0.2, -0.15) is 0 Å². The van der Waals surface area contributed by atoms with Crippen molar-refractivity contribution in [3.05, 3.63) is 0 Å². The van der Waals surface area contributed by atoms with E-state index in [1.165, 1.54) is 38.8 Å². The molecule has 1 heterocycles. The summed E-state index contributed by atoms with van der Waals surface area (Å²) in [6, 6.07) is 0.474. The van der Waals surface area contributed by atoms with Crippen LogP contribution in [0.3, 0.4) is 0 Å². The third-order valence-electron chi connectivity index (χ3n) is 2.51. The summed E-state index contributed by atoms with van der Waals surface area (Å²) >= 11 is 0. The van der Waals surface area contributed by atoms with Crippen LogP contribution in [0.5, 0.6) is 0 Å². The van der Waals surface area contributed by atoms with Gasteiger partial charge in [-0.1, -0.05) is 13.3 Å². The van der Waals surface area contributed by atoms with E-state index in [2.05, 4.69) is 11.8 Å². The molecule has 1 fully saturated rings. The standard InChI is InChI=1S/C9H19NO/c1-2-3-6-10-7-4-5-9(10)8-11/h9,11H,2-8H2,1H3. The van der Waals surface area contributed by atoms with E-state index < -0.39 is 0 Å².